The fourth-order valence-electron chi connectivity index (χ4n) is 1.80. The lowest BCUT2D eigenvalue weighted by atomic mass is 10.2. The molecule has 0 unspecified atom stereocenters. The number of methoxy groups -OCH3 is 1. The Morgan fingerprint density at radius 3 is 2.52 bits per heavy atom. The summed E-state index contributed by atoms with van der Waals surface area (Å²) in [5.41, 5.74) is 0.777. The molecule has 0 aliphatic rings. The SMILES string of the molecule is COc1ccc(CO)cc1OCCOc1cccc(Br)c1. The molecule has 5 heteroatoms. The van der Waals surface area contributed by atoms with E-state index in [2.05, 4.69) is 15.9 Å². The first-order valence-electron chi connectivity index (χ1n) is 6.52. The second-order valence-corrected chi connectivity index (χ2v) is 5.21. The van der Waals surface area contributed by atoms with Crippen molar-refractivity contribution in [1.82, 2.24) is 0 Å². The fourth-order valence-corrected chi connectivity index (χ4v) is 2.18. The van der Waals surface area contributed by atoms with Crippen LogP contribution >= 0.6 is 15.9 Å². The maximum Gasteiger partial charge on any atom is 0.161 e. The van der Waals surface area contributed by atoms with Gasteiger partial charge in [-0.25, -0.2) is 0 Å². The summed E-state index contributed by atoms with van der Waals surface area (Å²) in [6.07, 6.45) is 0. The Hall–Kier alpha value is -1.72. The Morgan fingerprint density at radius 1 is 1.00 bits per heavy atom. The molecule has 1 N–H and O–H groups in total. The van der Waals surface area contributed by atoms with Crippen molar-refractivity contribution in [2.45, 2.75) is 6.61 Å². The standard InChI is InChI=1S/C16H17BrO4/c1-19-15-6-5-12(11-18)9-16(15)21-8-7-20-14-4-2-3-13(17)10-14/h2-6,9-10,18H,7-8,11H2,1H3. The van der Waals surface area contributed by atoms with Crippen molar-refractivity contribution in [3.63, 3.8) is 0 Å². The molecule has 0 fully saturated rings. The van der Waals surface area contributed by atoms with Crippen LogP contribution in [0.15, 0.2) is 46.9 Å². The average molecular weight is 353 g/mol. The van der Waals surface area contributed by atoms with E-state index in [0.29, 0.717) is 24.7 Å². The third kappa shape index (κ3) is 4.65. The first kappa shape index (κ1) is 15.7. The van der Waals surface area contributed by atoms with Crippen LogP contribution in [0.2, 0.25) is 0 Å². The zero-order chi connectivity index (χ0) is 15.1. The molecule has 0 spiro atoms. The molecule has 0 atom stereocenters. The van der Waals surface area contributed by atoms with Crippen molar-refractivity contribution < 1.29 is 19.3 Å². The highest BCUT2D eigenvalue weighted by Crippen LogP contribution is 2.28. The van der Waals surface area contributed by atoms with E-state index in [1.165, 1.54) is 0 Å². The highest BCUT2D eigenvalue weighted by Gasteiger charge is 2.05. The van der Waals surface area contributed by atoms with Gasteiger partial charge in [0, 0.05) is 4.47 Å². The predicted octanol–water partition coefficient (Wildman–Crippen LogP) is 3.41. The Labute approximate surface area is 132 Å². The minimum absolute atomic E-state index is 0.0328. The molecule has 0 radical (unpaired) electrons. The zero-order valence-electron chi connectivity index (χ0n) is 11.7. The lowest BCUT2D eigenvalue weighted by molar-refractivity contribution is 0.210. The monoisotopic (exact) mass is 352 g/mol. The Balaban J connectivity index is 1.88. The van der Waals surface area contributed by atoms with Gasteiger partial charge in [-0.2, -0.15) is 0 Å². The molecule has 2 rings (SSSR count). The normalized spacial score (nSPS) is 10.2. The molecule has 112 valence electrons. The average Bonchev–Trinajstić information content (AvgIpc) is 2.51. The minimum Gasteiger partial charge on any atom is -0.493 e. The summed E-state index contributed by atoms with van der Waals surface area (Å²) >= 11 is 3.39. The van der Waals surface area contributed by atoms with Crippen molar-refractivity contribution >= 4 is 15.9 Å². The van der Waals surface area contributed by atoms with Gasteiger partial charge in [0.05, 0.1) is 13.7 Å². The van der Waals surface area contributed by atoms with Crippen molar-refractivity contribution in [2.75, 3.05) is 20.3 Å². The zero-order valence-corrected chi connectivity index (χ0v) is 13.3. The van der Waals surface area contributed by atoms with Crippen LogP contribution in [0.1, 0.15) is 5.56 Å². The number of hydrogen-bond acceptors (Lipinski definition) is 4. The van der Waals surface area contributed by atoms with Crippen LogP contribution in [-0.4, -0.2) is 25.4 Å². The molecule has 0 amide bonds. The molecule has 0 aliphatic heterocycles. The highest BCUT2D eigenvalue weighted by atomic mass is 79.9. The summed E-state index contributed by atoms with van der Waals surface area (Å²) in [5, 5.41) is 9.15. The first-order valence-corrected chi connectivity index (χ1v) is 7.31. The molecule has 0 heterocycles. The van der Waals surface area contributed by atoms with Crippen LogP contribution in [0, 0.1) is 0 Å². The fraction of sp³-hybridized carbons (Fsp3) is 0.250. The Kier molecular flexibility index (Phi) is 5.90. The van der Waals surface area contributed by atoms with E-state index in [4.69, 9.17) is 19.3 Å². The molecular weight excluding hydrogens is 336 g/mol. The van der Waals surface area contributed by atoms with Crippen molar-refractivity contribution in [3.8, 4) is 17.2 Å². The number of aliphatic hydroxyl groups excluding tert-OH is 1. The van der Waals surface area contributed by atoms with Gasteiger partial charge in [-0.3, -0.25) is 0 Å². The molecule has 2 aromatic rings. The van der Waals surface area contributed by atoms with Gasteiger partial charge in [-0.15, -0.1) is 0 Å². The maximum atomic E-state index is 9.15. The highest BCUT2D eigenvalue weighted by molar-refractivity contribution is 9.10. The smallest absolute Gasteiger partial charge is 0.161 e. The van der Waals surface area contributed by atoms with Gasteiger partial charge in [-0.05, 0) is 35.9 Å². The van der Waals surface area contributed by atoms with Crippen LogP contribution in [0.4, 0.5) is 0 Å². The molecule has 21 heavy (non-hydrogen) atoms. The van der Waals surface area contributed by atoms with Crippen molar-refractivity contribution in [2.24, 2.45) is 0 Å². The molecule has 0 bridgehead atoms. The first-order chi connectivity index (χ1) is 10.2. The van der Waals surface area contributed by atoms with Crippen LogP contribution in [0.25, 0.3) is 0 Å². The van der Waals surface area contributed by atoms with Crippen molar-refractivity contribution in [1.29, 1.82) is 0 Å². The van der Waals surface area contributed by atoms with Crippen molar-refractivity contribution in [3.05, 3.63) is 52.5 Å². The van der Waals surface area contributed by atoms with Gasteiger partial charge in [0.1, 0.15) is 19.0 Å². The number of ether oxygens (including phenoxy) is 3. The van der Waals surface area contributed by atoms with Gasteiger partial charge >= 0.3 is 0 Å². The van der Waals surface area contributed by atoms with E-state index in [-0.39, 0.29) is 6.61 Å². The van der Waals surface area contributed by atoms with Gasteiger partial charge < -0.3 is 19.3 Å². The summed E-state index contributed by atoms with van der Waals surface area (Å²) < 4.78 is 17.4. The lowest BCUT2D eigenvalue weighted by Crippen LogP contribution is -2.09. The van der Waals surface area contributed by atoms with Gasteiger partial charge in [0.25, 0.3) is 0 Å². The van der Waals surface area contributed by atoms with Gasteiger partial charge in [-0.1, -0.05) is 28.1 Å². The number of rotatable bonds is 7. The van der Waals surface area contributed by atoms with E-state index in [9.17, 15) is 0 Å². The number of hydrogen-bond donors (Lipinski definition) is 1. The Morgan fingerprint density at radius 2 is 1.81 bits per heavy atom. The minimum atomic E-state index is -0.0328. The van der Waals surface area contributed by atoms with E-state index in [0.717, 1.165) is 15.8 Å². The van der Waals surface area contributed by atoms with E-state index in [1.54, 1.807) is 25.3 Å². The third-order valence-electron chi connectivity index (χ3n) is 2.82. The number of aliphatic hydroxyl groups is 1. The quantitative estimate of drug-likeness (QED) is 0.775. The summed E-state index contributed by atoms with van der Waals surface area (Å²) in [4.78, 5) is 0. The molecule has 0 aromatic heterocycles. The lowest BCUT2D eigenvalue weighted by Gasteiger charge is -2.12. The second-order valence-electron chi connectivity index (χ2n) is 4.30. The topological polar surface area (TPSA) is 47.9 Å². The largest absolute Gasteiger partial charge is 0.493 e. The number of halogens is 1. The van der Waals surface area contributed by atoms with Gasteiger partial charge in [0.2, 0.25) is 0 Å². The molecule has 0 saturated carbocycles. The van der Waals surface area contributed by atoms with Crippen LogP contribution in [0.3, 0.4) is 0 Å². The van der Waals surface area contributed by atoms with E-state index in [1.807, 2.05) is 24.3 Å². The second kappa shape index (κ2) is 7.90. The van der Waals surface area contributed by atoms with E-state index >= 15 is 0 Å². The molecular formula is C16H17BrO4. The molecule has 0 saturated heterocycles. The van der Waals surface area contributed by atoms with Crippen LogP contribution in [0.5, 0.6) is 17.2 Å². The third-order valence-corrected chi connectivity index (χ3v) is 3.31. The molecule has 2 aromatic carbocycles. The van der Waals surface area contributed by atoms with Crippen LogP contribution in [-0.2, 0) is 6.61 Å². The number of benzene rings is 2. The summed E-state index contributed by atoms with van der Waals surface area (Å²) in [5.74, 6) is 2.01. The van der Waals surface area contributed by atoms with Crippen LogP contribution < -0.4 is 14.2 Å². The summed E-state index contributed by atoms with van der Waals surface area (Å²) in [7, 11) is 1.58. The molecule has 4 nitrogen and oxygen atoms in total. The predicted molar refractivity (Wildman–Crippen MR) is 84.0 cm³/mol. The van der Waals surface area contributed by atoms with Gasteiger partial charge in [0.15, 0.2) is 11.5 Å². The Bertz CT molecular complexity index is 586. The molecule has 0 aliphatic carbocycles. The summed E-state index contributed by atoms with van der Waals surface area (Å²) in [6, 6.07) is 13.0. The van der Waals surface area contributed by atoms with E-state index < -0.39 is 0 Å². The summed E-state index contributed by atoms with van der Waals surface area (Å²) in [6.45, 7) is 0.773. The maximum absolute atomic E-state index is 9.15.